The van der Waals surface area contributed by atoms with E-state index in [0.717, 1.165) is 17.5 Å². The van der Waals surface area contributed by atoms with Gasteiger partial charge < -0.3 is 10.6 Å². The second kappa shape index (κ2) is 9.02. The van der Waals surface area contributed by atoms with Crippen LogP contribution in [0.25, 0.3) is 0 Å². The molecule has 2 N–H and O–H groups in total. The van der Waals surface area contributed by atoms with Gasteiger partial charge in [-0.05, 0) is 48.6 Å². The molecule has 0 bridgehead atoms. The number of amides is 2. The molecule has 0 saturated heterocycles. The zero-order valence-electron chi connectivity index (χ0n) is 15.1. The summed E-state index contributed by atoms with van der Waals surface area (Å²) in [7, 11) is 0. The predicted molar refractivity (Wildman–Crippen MR) is 101 cm³/mol. The molecule has 0 aromatic heterocycles. The summed E-state index contributed by atoms with van der Waals surface area (Å²) >= 11 is 0. The van der Waals surface area contributed by atoms with Gasteiger partial charge in [0.2, 0.25) is 0 Å². The van der Waals surface area contributed by atoms with Crippen molar-refractivity contribution in [3.63, 3.8) is 0 Å². The van der Waals surface area contributed by atoms with Gasteiger partial charge in [-0.2, -0.15) is 0 Å². The molecule has 4 heteroatoms. The number of rotatable bonds is 7. The fraction of sp³-hybridized carbons (Fsp3) is 0.333. The molecule has 0 radical (unpaired) electrons. The first kappa shape index (κ1) is 18.7. The molecule has 132 valence electrons. The van der Waals surface area contributed by atoms with Gasteiger partial charge in [0, 0.05) is 24.2 Å². The van der Waals surface area contributed by atoms with Crippen LogP contribution in [-0.4, -0.2) is 18.4 Å². The first-order valence-corrected chi connectivity index (χ1v) is 8.68. The lowest BCUT2D eigenvalue weighted by atomic mass is 10.1. The molecule has 0 unspecified atom stereocenters. The fourth-order valence-corrected chi connectivity index (χ4v) is 2.46. The van der Waals surface area contributed by atoms with E-state index in [1.165, 1.54) is 0 Å². The monoisotopic (exact) mass is 338 g/mol. The van der Waals surface area contributed by atoms with Gasteiger partial charge in [0.15, 0.2) is 0 Å². The molecule has 0 saturated carbocycles. The van der Waals surface area contributed by atoms with E-state index in [2.05, 4.69) is 24.5 Å². The van der Waals surface area contributed by atoms with E-state index in [1.807, 2.05) is 31.2 Å². The molecule has 2 amide bonds. The van der Waals surface area contributed by atoms with Crippen LogP contribution in [0.4, 0.5) is 0 Å². The highest BCUT2D eigenvalue weighted by Gasteiger charge is 2.10. The highest BCUT2D eigenvalue weighted by Crippen LogP contribution is 2.09. The van der Waals surface area contributed by atoms with Crippen LogP contribution in [0.3, 0.4) is 0 Å². The van der Waals surface area contributed by atoms with Crippen LogP contribution in [0.1, 0.15) is 52.1 Å². The van der Waals surface area contributed by atoms with Gasteiger partial charge in [0.1, 0.15) is 0 Å². The van der Waals surface area contributed by atoms with Gasteiger partial charge >= 0.3 is 0 Å². The first-order valence-electron chi connectivity index (χ1n) is 8.68. The first-order chi connectivity index (χ1) is 12.0. The molecule has 0 fully saturated rings. The van der Waals surface area contributed by atoms with Gasteiger partial charge in [-0.1, -0.05) is 44.2 Å². The van der Waals surface area contributed by atoms with Crippen LogP contribution in [0.2, 0.25) is 0 Å². The van der Waals surface area contributed by atoms with Crippen LogP contribution in [0.5, 0.6) is 0 Å². The number of carbonyl (C=O) groups is 2. The van der Waals surface area contributed by atoms with Gasteiger partial charge in [0.25, 0.3) is 11.8 Å². The fourth-order valence-electron chi connectivity index (χ4n) is 2.46. The molecule has 2 aromatic carbocycles. The second-order valence-electron chi connectivity index (χ2n) is 6.63. The maximum absolute atomic E-state index is 12.4. The van der Waals surface area contributed by atoms with Crippen molar-refractivity contribution in [2.24, 2.45) is 5.92 Å². The minimum absolute atomic E-state index is 0.144. The molecular formula is C21H26N2O2. The van der Waals surface area contributed by atoms with Crippen molar-refractivity contribution in [3.05, 3.63) is 70.8 Å². The van der Waals surface area contributed by atoms with E-state index in [4.69, 9.17) is 0 Å². The maximum atomic E-state index is 12.4. The van der Waals surface area contributed by atoms with Gasteiger partial charge in [-0.15, -0.1) is 0 Å². The molecule has 0 spiro atoms. The molecule has 2 aromatic rings. The summed E-state index contributed by atoms with van der Waals surface area (Å²) in [5.41, 5.74) is 3.22. The van der Waals surface area contributed by atoms with Crippen LogP contribution in [0.15, 0.2) is 48.5 Å². The SMILES string of the molecule is Cc1ccccc1CNC(=O)c1cccc(C(=O)NCCC(C)C)c1. The van der Waals surface area contributed by atoms with E-state index < -0.39 is 0 Å². The number of hydrogen-bond acceptors (Lipinski definition) is 2. The van der Waals surface area contributed by atoms with Crippen LogP contribution in [-0.2, 0) is 6.54 Å². The topological polar surface area (TPSA) is 58.2 Å². The molecular weight excluding hydrogens is 312 g/mol. The molecule has 25 heavy (non-hydrogen) atoms. The van der Waals surface area contributed by atoms with Crippen molar-refractivity contribution in [2.45, 2.75) is 33.7 Å². The molecule has 2 rings (SSSR count). The van der Waals surface area contributed by atoms with Crippen molar-refractivity contribution in [3.8, 4) is 0 Å². The Bertz CT molecular complexity index is 738. The Morgan fingerprint density at radius 2 is 1.56 bits per heavy atom. The Hall–Kier alpha value is -2.62. The van der Waals surface area contributed by atoms with Crippen LogP contribution in [0, 0.1) is 12.8 Å². The third kappa shape index (κ3) is 5.75. The van der Waals surface area contributed by atoms with E-state index >= 15 is 0 Å². The molecule has 4 nitrogen and oxygen atoms in total. The molecule has 0 aliphatic rings. The van der Waals surface area contributed by atoms with E-state index in [-0.39, 0.29) is 11.8 Å². The van der Waals surface area contributed by atoms with Crippen molar-refractivity contribution in [1.29, 1.82) is 0 Å². The maximum Gasteiger partial charge on any atom is 0.251 e. The number of benzene rings is 2. The van der Waals surface area contributed by atoms with E-state index in [9.17, 15) is 9.59 Å². The lowest BCUT2D eigenvalue weighted by Crippen LogP contribution is -2.26. The highest BCUT2D eigenvalue weighted by molar-refractivity contribution is 5.99. The summed E-state index contributed by atoms with van der Waals surface area (Å²) in [6.45, 7) is 7.36. The number of aryl methyl sites for hydroxylation is 1. The van der Waals surface area contributed by atoms with Crippen LogP contribution < -0.4 is 10.6 Å². The highest BCUT2D eigenvalue weighted by atomic mass is 16.2. The predicted octanol–water partition coefficient (Wildman–Crippen LogP) is 3.70. The Morgan fingerprint density at radius 1 is 0.920 bits per heavy atom. The molecule has 0 heterocycles. The zero-order chi connectivity index (χ0) is 18.2. The zero-order valence-corrected chi connectivity index (χ0v) is 15.1. The Kier molecular flexibility index (Phi) is 6.75. The summed E-state index contributed by atoms with van der Waals surface area (Å²) in [4.78, 5) is 24.5. The number of hydrogen-bond donors (Lipinski definition) is 2. The van der Waals surface area contributed by atoms with Gasteiger partial charge in [0.05, 0.1) is 0 Å². The normalized spacial score (nSPS) is 10.6. The van der Waals surface area contributed by atoms with Crippen molar-refractivity contribution in [2.75, 3.05) is 6.54 Å². The standard InChI is InChI=1S/C21H26N2O2/c1-15(2)11-12-22-20(24)17-9-6-10-18(13-17)21(25)23-14-19-8-5-4-7-16(19)3/h4-10,13,15H,11-12,14H2,1-3H3,(H,22,24)(H,23,25). The Labute approximate surface area is 149 Å². The average molecular weight is 338 g/mol. The third-order valence-corrected chi connectivity index (χ3v) is 4.09. The molecule has 0 atom stereocenters. The number of carbonyl (C=O) groups excluding carboxylic acids is 2. The van der Waals surface area contributed by atoms with Crippen molar-refractivity contribution >= 4 is 11.8 Å². The summed E-state index contributed by atoms with van der Waals surface area (Å²) < 4.78 is 0. The summed E-state index contributed by atoms with van der Waals surface area (Å²) in [5.74, 6) is 0.216. The van der Waals surface area contributed by atoms with Gasteiger partial charge in [-0.25, -0.2) is 0 Å². The molecule has 0 aliphatic carbocycles. The quantitative estimate of drug-likeness (QED) is 0.809. The number of nitrogens with one attached hydrogen (secondary N) is 2. The lowest BCUT2D eigenvalue weighted by molar-refractivity contribution is 0.0950. The summed E-state index contributed by atoms with van der Waals surface area (Å²) in [6.07, 6.45) is 0.933. The third-order valence-electron chi connectivity index (χ3n) is 4.09. The van der Waals surface area contributed by atoms with Crippen LogP contribution >= 0.6 is 0 Å². The second-order valence-corrected chi connectivity index (χ2v) is 6.63. The summed E-state index contributed by atoms with van der Waals surface area (Å²) in [5, 5.41) is 5.80. The average Bonchev–Trinajstić information content (AvgIpc) is 2.60. The Balaban J connectivity index is 1.96. The minimum atomic E-state index is -0.180. The largest absolute Gasteiger partial charge is 0.352 e. The van der Waals surface area contributed by atoms with Crippen molar-refractivity contribution < 1.29 is 9.59 Å². The summed E-state index contributed by atoms with van der Waals surface area (Å²) in [6, 6.07) is 14.8. The van der Waals surface area contributed by atoms with Crippen molar-refractivity contribution in [1.82, 2.24) is 10.6 Å². The smallest absolute Gasteiger partial charge is 0.251 e. The minimum Gasteiger partial charge on any atom is -0.352 e. The molecule has 0 aliphatic heterocycles. The lowest BCUT2D eigenvalue weighted by Gasteiger charge is -2.10. The van der Waals surface area contributed by atoms with E-state index in [0.29, 0.717) is 30.1 Å². The van der Waals surface area contributed by atoms with Gasteiger partial charge in [-0.3, -0.25) is 9.59 Å². The Morgan fingerprint density at radius 3 is 2.20 bits per heavy atom. The van der Waals surface area contributed by atoms with E-state index in [1.54, 1.807) is 24.3 Å².